The maximum Gasteiger partial charge on any atom is 0.271 e. The van der Waals surface area contributed by atoms with Crippen molar-refractivity contribution in [3.05, 3.63) is 63.9 Å². The zero-order valence-electron chi connectivity index (χ0n) is 17.2. The molecule has 3 heterocycles. The molecule has 0 saturated carbocycles. The molecule has 1 aromatic heterocycles. The number of amides is 4. The van der Waals surface area contributed by atoms with Crippen LogP contribution >= 0.6 is 0 Å². The van der Waals surface area contributed by atoms with Crippen LogP contribution in [0.15, 0.2) is 51.5 Å². The van der Waals surface area contributed by atoms with Gasteiger partial charge in [-0.1, -0.05) is 6.07 Å². The van der Waals surface area contributed by atoms with Crippen LogP contribution in [0.2, 0.25) is 0 Å². The quantitative estimate of drug-likeness (QED) is 0.576. The molecule has 32 heavy (non-hydrogen) atoms. The molecule has 2 aromatic rings. The molecule has 0 radical (unpaired) electrons. The number of aliphatic hydroxyl groups excluding tert-OH is 1. The van der Waals surface area contributed by atoms with Gasteiger partial charge >= 0.3 is 0 Å². The highest BCUT2D eigenvalue weighted by Gasteiger charge is 2.35. The summed E-state index contributed by atoms with van der Waals surface area (Å²) in [6.45, 7) is 0.843. The van der Waals surface area contributed by atoms with Crippen molar-refractivity contribution in [1.82, 2.24) is 9.80 Å². The largest absolute Gasteiger partial charge is 0.457 e. The van der Waals surface area contributed by atoms with E-state index in [-0.39, 0.29) is 34.7 Å². The molecule has 4 rings (SSSR count). The molecule has 0 bridgehead atoms. The lowest BCUT2D eigenvalue weighted by atomic mass is 9.95. The fraction of sp³-hybridized carbons (Fsp3) is 0.174. The first-order valence-electron chi connectivity index (χ1n) is 9.65. The topological polar surface area (TPSA) is 132 Å². The van der Waals surface area contributed by atoms with E-state index in [0.717, 1.165) is 9.80 Å². The number of furan rings is 1. The van der Waals surface area contributed by atoms with Crippen LogP contribution in [-0.4, -0.2) is 58.7 Å². The first-order chi connectivity index (χ1) is 15.3. The molecule has 1 N–H and O–H groups in total. The Morgan fingerprint density at radius 3 is 2.44 bits per heavy atom. The van der Waals surface area contributed by atoms with E-state index in [4.69, 9.17) is 4.42 Å². The number of hydrogen-bond acceptors (Lipinski definition) is 7. The Balaban J connectivity index is 1.72. The van der Waals surface area contributed by atoms with E-state index in [9.17, 15) is 29.5 Å². The number of β-amino-alcohol motifs (C(OH)–C–C–N with tert-alkyl or cyclic N) is 1. The fourth-order valence-electron chi connectivity index (χ4n) is 3.68. The maximum absolute atomic E-state index is 12.8. The lowest BCUT2D eigenvalue weighted by molar-refractivity contribution is -0.141. The van der Waals surface area contributed by atoms with Gasteiger partial charge in [-0.25, -0.2) is 0 Å². The summed E-state index contributed by atoms with van der Waals surface area (Å²) in [6.07, 6.45) is 1.42. The van der Waals surface area contributed by atoms with Gasteiger partial charge in [0.1, 0.15) is 23.2 Å². The summed E-state index contributed by atoms with van der Waals surface area (Å²) in [4.78, 5) is 51.3. The second kappa shape index (κ2) is 7.76. The lowest BCUT2D eigenvalue weighted by Crippen LogP contribution is -2.44. The standard InChI is InChI=1S/C23H17N3O6/c1-12-16(22(30)26(7-8-27)23(31)18(12)11-24)10-14-4-6-19(32-14)13-3-5-15-17(9-13)21(29)25(2)20(15)28/h3-6,9-10,27H,7-8H2,1-2H3/b16-10+. The number of nitrogens with zero attached hydrogens (tertiary/aromatic N) is 3. The number of carbonyl (C=O) groups excluding carboxylic acids is 4. The molecule has 0 aliphatic carbocycles. The Morgan fingerprint density at radius 1 is 1.03 bits per heavy atom. The summed E-state index contributed by atoms with van der Waals surface area (Å²) in [5.41, 5.74) is 1.32. The van der Waals surface area contributed by atoms with Gasteiger partial charge in [-0.15, -0.1) is 0 Å². The number of imide groups is 2. The van der Waals surface area contributed by atoms with Crippen molar-refractivity contribution < 1.29 is 28.7 Å². The molecule has 2 aliphatic heterocycles. The van der Waals surface area contributed by atoms with Crippen LogP contribution in [-0.2, 0) is 9.59 Å². The summed E-state index contributed by atoms with van der Waals surface area (Å²) < 4.78 is 5.81. The molecule has 0 atom stereocenters. The monoisotopic (exact) mass is 431 g/mol. The van der Waals surface area contributed by atoms with Gasteiger partial charge in [-0.05, 0) is 42.8 Å². The van der Waals surface area contributed by atoms with Crippen LogP contribution in [0.1, 0.15) is 33.4 Å². The second-order valence-electron chi connectivity index (χ2n) is 7.29. The zero-order chi connectivity index (χ0) is 23.2. The average Bonchev–Trinajstić information content (AvgIpc) is 3.34. The number of fused-ring (bicyclic) bond motifs is 1. The molecule has 0 unspecified atom stereocenters. The van der Waals surface area contributed by atoms with Crippen molar-refractivity contribution in [3.8, 4) is 17.4 Å². The molecule has 2 aliphatic rings. The van der Waals surface area contributed by atoms with Gasteiger partial charge in [0, 0.05) is 18.2 Å². The van der Waals surface area contributed by atoms with Gasteiger partial charge in [-0.3, -0.25) is 29.0 Å². The van der Waals surface area contributed by atoms with Gasteiger partial charge in [0.2, 0.25) is 0 Å². The highest BCUT2D eigenvalue weighted by atomic mass is 16.3. The van der Waals surface area contributed by atoms with Crippen LogP contribution in [0.3, 0.4) is 0 Å². The van der Waals surface area contributed by atoms with Gasteiger partial charge in [0.05, 0.1) is 24.3 Å². The van der Waals surface area contributed by atoms with Crippen LogP contribution < -0.4 is 0 Å². The predicted molar refractivity (Wildman–Crippen MR) is 111 cm³/mol. The van der Waals surface area contributed by atoms with Crippen LogP contribution in [0.5, 0.6) is 0 Å². The number of nitriles is 1. The molecule has 9 heteroatoms. The Bertz CT molecular complexity index is 1310. The van der Waals surface area contributed by atoms with E-state index in [1.807, 2.05) is 6.07 Å². The van der Waals surface area contributed by atoms with Crippen molar-refractivity contribution in [2.75, 3.05) is 20.2 Å². The molecule has 0 spiro atoms. The number of hydrogen-bond donors (Lipinski definition) is 1. The minimum absolute atomic E-state index is 0.104. The molecule has 4 amide bonds. The van der Waals surface area contributed by atoms with Gasteiger partial charge in [0.25, 0.3) is 23.6 Å². The Labute approximate surface area is 182 Å². The molecule has 160 valence electrons. The number of carbonyl (C=O) groups is 4. The Morgan fingerprint density at radius 2 is 1.75 bits per heavy atom. The van der Waals surface area contributed by atoms with E-state index >= 15 is 0 Å². The third-order valence-corrected chi connectivity index (χ3v) is 5.44. The molecule has 1 aromatic carbocycles. The third-order valence-electron chi connectivity index (χ3n) is 5.44. The summed E-state index contributed by atoms with van der Waals surface area (Å²) in [5.74, 6) is -1.45. The SMILES string of the molecule is CC1=C(C#N)C(=O)N(CCO)C(=O)/C1=C/c1ccc(-c2ccc3c(c2)C(=O)N(C)C3=O)o1. The minimum Gasteiger partial charge on any atom is -0.457 e. The van der Waals surface area contributed by atoms with E-state index in [1.54, 1.807) is 30.3 Å². The first-order valence-corrected chi connectivity index (χ1v) is 9.65. The smallest absolute Gasteiger partial charge is 0.271 e. The molecule has 0 fully saturated rings. The van der Waals surface area contributed by atoms with E-state index in [2.05, 4.69) is 0 Å². The molecule has 9 nitrogen and oxygen atoms in total. The van der Waals surface area contributed by atoms with Crippen molar-refractivity contribution in [1.29, 1.82) is 5.26 Å². The van der Waals surface area contributed by atoms with Crippen LogP contribution in [0, 0.1) is 11.3 Å². The summed E-state index contributed by atoms with van der Waals surface area (Å²) in [7, 11) is 1.42. The molecular weight excluding hydrogens is 414 g/mol. The number of benzene rings is 1. The summed E-state index contributed by atoms with van der Waals surface area (Å²) in [6, 6.07) is 9.85. The Kier molecular flexibility index (Phi) is 5.08. The van der Waals surface area contributed by atoms with Crippen molar-refractivity contribution in [2.24, 2.45) is 0 Å². The number of rotatable bonds is 4. The van der Waals surface area contributed by atoms with Gasteiger partial charge in [0.15, 0.2) is 0 Å². The highest BCUT2D eigenvalue weighted by molar-refractivity contribution is 6.21. The highest BCUT2D eigenvalue weighted by Crippen LogP contribution is 2.31. The van der Waals surface area contributed by atoms with Crippen molar-refractivity contribution in [3.63, 3.8) is 0 Å². The average molecular weight is 431 g/mol. The second-order valence-corrected chi connectivity index (χ2v) is 7.29. The van der Waals surface area contributed by atoms with E-state index in [1.165, 1.54) is 20.0 Å². The minimum atomic E-state index is -0.747. The normalized spacial score (nSPS) is 17.5. The maximum atomic E-state index is 12.8. The van der Waals surface area contributed by atoms with E-state index in [0.29, 0.717) is 22.6 Å². The molecular formula is C23H17N3O6. The predicted octanol–water partition coefficient (Wildman–Crippen LogP) is 1.76. The van der Waals surface area contributed by atoms with Crippen molar-refractivity contribution in [2.45, 2.75) is 6.92 Å². The number of aliphatic hydroxyl groups is 1. The van der Waals surface area contributed by atoms with Crippen LogP contribution in [0.4, 0.5) is 0 Å². The summed E-state index contributed by atoms with van der Waals surface area (Å²) >= 11 is 0. The van der Waals surface area contributed by atoms with Gasteiger partial charge in [-0.2, -0.15) is 5.26 Å². The molecule has 0 saturated heterocycles. The zero-order valence-corrected chi connectivity index (χ0v) is 17.2. The van der Waals surface area contributed by atoms with Gasteiger partial charge < -0.3 is 9.52 Å². The van der Waals surface area contributed by atoms with Crippen molar-refractivity contribution >= 4 is 29.7 Å². The summed E-state index contributed by atoms with van der Waals surface area (Å²) in [5, 5.41) is 18.5. The lowest BCUT2D eigenvalue weighted by Gasteiger charge is -2.26. The van der Waals surface area contributed by atoms with E-state index < -0.39 is 24.3 Å². The Hall–Kier alpha value is -4.29. The van der Waals surface area contributed by atoms with Crippen LogP contribution in [0.25, 0.3) is 17.4 Å². The first kappa shape index (κ1) is 21.0. The third kappa shape index (κ3) is 3.14. The fourth-order valence-corrected chi connectivity index (χ4v) is 3.68.